The Labute approximate surface area is 220 Å². The van der Waals surface area contributed by atoms with E-state index in [1.54, 1.807) is 16.8 Å². The van der Waals surface area contributed by atoms with E-state index < -0.39 is 0 Å². The number of allylic oxidation sites excluding steroid dienone is 1. The van der Waals surface area contributed by atoms with Crippen LogP contribution in [0, 0.1) is 5.92 Å². The van der Waals surface area contributed by atoms with Gasteiger partial charge in [0.25, 0.3) is 5.56 Å². The van der Waals surface area contributed by atoms with Gasteiger partial charge in [-0.1, -0.05) is 17.7 Å². The summed E-state index contributed by atoms with van der Waals surface area (Å²) in [7, 11) is 0. The number of benzene rings is 2. The minimum atomic E-state index is -0.0390. The van der Waals surface area contributed by atoms with Gasteiger partial charge in [-0.25, -0.2) is 0 Å². The van der Waals surface area contributed by atoms with Gasteiger partial charge in [0, 0.05) is 52.0 Å². The molecule has 0 saturated heterocycles. The molecule has 0 amide bonds. The molecule has 11 heteroatoms. The summed E-state index contributed by atoms with van der Waals surface area (Å²) in [5.41, 5.74) is 13.4. The molecular formula is C27H20ClN9O. The number of aromatic nitrogens is 7. The summed E-state index contributed by atoms with van der Waals surface area (Å²) in [5.74, 6) is 1.23. The summed E-state index contributed by atoms with van der Waals surface area (Å²) in [6.07, 6.45) is 5.21. The van der Waals surface area contributed by atoms with Gasteiger partial charge in [-0.05, 0) is 75.9 Å². The SMILES string of the molecule is Nc1n[nH]c2cc(C3=CN=C(C4C5CC5c5cc(-c6cc(Cl)ccc6-n6cnnn6)cc(=O)n54)C3)ccc12. The van der Waals surface area contributed by atoms with Crippen molar-refractivity contribution in [2.45, 2.75) is 24.8 Å². The lowest BCUT2D eigenvalue weighted by Gasteiger charge is -2.20. The lowest BCUT2D eigenvalue weighted by Crippen LogP contribution is -2.29. The van der Waals surface area contributed by atoms with Gasteiger partial charge in [-0.15, -0.1) is 5.10 Å². The van der Waals surface area contributed by atoms with Crippen LogP contribution in [0.4, 0.5) is 5.82 Å². The predicted molar refractivity (Wildman–Crippen MR) is 144 cm³/mol. The van der Waals surface area contributed by atoms with Crippen molar-refractivity contribution in [2.75, 3.05) is 5.73 Å². The molecule has 3 unspecified atom stereocenters. The monoisotopic (exact) mass is 521 g/mol. The summed E-state index contributed by atoms with van der Waals surface area (Å²) in [6, 6.07) is 15.3. The van der Waals surface area contributed by atoms with Crippen LogP contribution in [0.3, 0.4) is 0 Å². The number of nitrogens with two attached hydrogens (primary N) is 1. The van der Waals surface area contributed by atoms with Gasteiger partial charge in [-0.3, -0.25) is 14.9 Å². The number of anilines is 1. The second-order valence-corrected chi connectivity index (χ2v) is 10.5. The second-order valence-electron chi connectivity index (χ2n) is 10.1. The molecule has 1 fully saturated rings. The predicted octanol–water partition coefficient (Wildman–Crippen LogP) is 4.15. The van der Waals surface area contributed by atoms with E-state index >= 15 is 0 Å². The van der Waals surface area contributed by atoms with E-state index in [1.807, 2.05) is 35.0 Å². The van der Waals surface area contributed by atoms with Gasteiger partial charge in [-0.2, -0.15) is 9.78 Å². The number of pyridine rings is 1. The summed E-state index contributed by atoms with van der Waals surface area (Å²) >= 11 is 6.35. The Morgan fingerprint density at radius 3 is 2.87 bits per heavy atom. The summed E-state index contributed by atoms with van der Waals surface area (Å²) in [5, 5.41) is 20.1. The van der Waals surface area contributed by atoms with Crippen molar-refractivity contribution < 1.29 is 0 Å². The lowest BCUT2D eigenvalue weighted by molar-refractivity contribution is 0.584. The summed E-state index contributed by atoms with van der Waals surface area (Å²) in [6.45, 7) is 0. The van der Waals surface area contributed by atoms with Crippen molar-refractivity contribution in [3.8, 4) is 16.8 Å². The zero-order chi connectivity index (χ0) is 25.5. The molecule has 38 heavy (non-hydrogen) atoms. The molecule has 0 spiro atoms. The number of aliphatic imine (C=N–C) groups is 1. The Kier molecular flexibility index (Phi) is 4.37. The van der Waals surface area contributed by atoms with Gasteiger partial charge in [0.05, 0.1) is 17.2 Å². The van der Waals surface area contributed by atoms with Gasteiger partial charge in [0.2, 0.25) is 0 Å². The number of nitrogens with one attached hydrogen (secondary N) is 1. The van der Waals surface area contributed by atoms with Crippen LogP contribution in [0.15, 0.2) is 70.8 Å². The maximum Gasteiger partial charge on any atom is 0.251 e. The molecular weight excluding hydrogens is 502 g/mol. The second kappa shape index (κ2) is 7.72. The fourth-order valence-corrected chi connectivity index (χ4v) is 6.26. The quantitative estimate of drug-likeness (QED) is 0.365. The van der Waals surface area contributed by atoms with E-state index in [9.17, 15) is 4.79 Å². The number of H-pyrrole nitrogens is 1. The average molecular weight is 522 g/mol. The zero-order valence-corrected chi connectivity index (χ0v) is 20.7. The van der Waals surface area contributed by atoms with Crippen LogP contribution >= 0.6 is 11.6 Å². The van der Waals surface area contributed by atoms with E-state index in [0.717, 1.165) is 56.7 Å². The van der Waals surface area contributed by atoms with Gasteiger partial charge in [0.1, 0.15) is 6.33 Å². The van der Waals surface area contributed by atoms with E-state index in [2.05, 4.69) is 37.9 Å². The molecule has 5 aromatic rings. The molecule has 1 aliphatic carbocycles. The maximum atomic E-state index is 13.6. The molecule has 2 aliphatic heterocycles. The number of rotatable bonds is 4. The first-order chi connectivity index (χ1) is 18.5. The highest BCUT2D eigenvalue weighted by Crippen LogP contribution is 2.60. The molecule has 3 aliphatic rings. The molecule has 0 radical (unpaired) electrons. The molecule has 1 saturated carbocycles. The van der Waals surface area contributed by atoms with Gasteiger partial charge in [0.15, 0.2) is 5.82 Å². The van der Waals surface area contributed by atoms with Crippen LogP contribution in [0.2, 0.25) is 5.02 Å². The first-order valence-corrected chi connectivity index (χ1v) is 12.7. The third-order valence-electron chi connectivity index (χ3n) is 7.93. The first kappa shape index (κ1) is 21.5. The number of aromatic amines is 1. The smallest absolute Gasteiger partial charge is 0.251 e. The van der Waals surface area contributed by atoms with Crippen molar-refractivity contribution in [3.05, 3.63) is 87.7 Å². The van der Waals surface area contributed by atoms with Gasteiger partial charge < -0.3 is 10.3 Å². The fourth-order valence-electron chi connectivity index (χ4n) is 6.09. The Balaban J connectivity index is 1.14. The largest absolute Gasteiger partial charge is 0.382 e. The average Bonchev–Trinajstić information content (AvgIpc) is 3.35. The summed E-state index contributed by atoms with van der Waals surface area (Å²) in [4.78, 5) is 18.4. The highest BCUT2D eigenvalue weighted by molar-refractivity contribution is 6.31. The Morgan fingerprint density at radius 1 is 1.08 bits per heavy atom. The third kappa shape index (κ3) is 3.13. The fraction of sp³-hybridized carbons (Fsp3) is 0.185. The first-order valence-electron chi connectivity index (χ1n) is 12.3. The number of hydrogen-bond donors (Lipinski definition) is 2. The normalized spacial score (nSPS) is 21.3. The molecule has 3 N–H and O–H groups in total. The minimum Gasteiger partial charge on any atom is -0.382 e. The van der Waals surface area contributed by atoms with E-state index in [0.29, 0.717) is 29.1 Å². The number of nitrogens with zero attached hydrogens (tertiary/aromatic N) is 7. The van der Waals surface area contributed by atoms with Crippen LogP contribution in [0.1, 0.15) is 36.1 Å². The minimum absolute atomic E-state index is 0.0322. The van der Waals surface area contributed by atoms with Crippen molar-refractivity contribution in [2.24, 2.45) is 10.9 Å². The van der Waals surface area contributed by atoms with Crippen LogP contribution in [0.25, 0.3) is 33.3 Å². The van der Waals surface area contributed by atoms with Crippen molar-refractivity contribution in [1.82, 2.24) is 35.0 Å². The zero-order valence-electron chi connectivity index (χ0n) is 19.9. The van der Waals surface area contributed by atoms with Gasteiger partial charge >= 0.3 is 0 Å². The summed E-state index contributed by atoms with van der Waals surface area (Å²) < 4.78 is 3.52. The topological polar surface area (TPSA) is 133 Å². The molecule has 3 aromatic heterocycles. The molecule has 10 nitrogen and oxygen atoms in total. The molecule has 186 valence electrons. The Hall–Kier alpha value is -4.57. The van der Waals surface area contributed by atoms with E-state index in [1.165, 1.54) is 6.33 Å². The third-order valence-corrected chi connectivity index (χ3v) is 8.16. The molecule has 8 rings (SSSR count). The molecule has 0 bridgehead atoms. The molecule has 3 atom stereocenters. The van der Waals surface area contributed by atoms with Crippen molar-refractivity contribution >= 4 is 39.6 Å². The van der Waals surface area contributed by atoms with Crippen molar-refractivity contribution in [1.29, 1.82) is 0 Å². The van der Waals surface area contributed by atoms with Crippen LogP contribution in [-0.4, -0.2) is 40.7 Å². The molecule has 2 aromatic carbocycles. The number of hydrogen-bond acceptors (Lipinski definition) is 7. The number of fused-ring (bicyclic) bond motifs is 4. The lowest BCUT2D eigenvalue weighted by atomic mass is 9.97. The number of halogens is 1. The standard InChI is InChI=1S/C27H20ClN9O/c28-16-2-4-23(36-12-31-34-35-36)18(9-16)14-7-24-19-10-20(19)26(37(24)25(38)8-14)22-6-15(11-30-22)13-1-3-17-21(5-13)32-33-27(17)29/h1-5,7-9,11-12,19-20,26H,6,10H2,(H3,29,32,33). The van der Waals surface area contributed by atoms with Crippen molar-refractivity contribution in [3.63, 3.8) is 0 Å². The highest BCUT2D eigenvalue weighted by Gasteiger charge is 2.54. The van der Waals surface area contributed by atoms with Crippen LogP contribution in [-0.2, 0) is 0 Å². The molecule has 5 heterocycles. The number of tetrazole rings is 1. The van der Waals surface area contributed by atoms with E-state index in [-0.39, 0.29) is 11.6 Å². The Morgan fingerprint density at radius 2 is 2.00 bits per heavy atom. The maximum absolute atomic E-state index is 13.6. The van der Waals surface area contributed by atoms with E-state index in [4.69, 9.17) is 22.3 Å². The highest BCUT2D eigenvalue weighted by atomic mass is 35.5. The van der Waals surface area contributed by atoms with Crippen LogP contribution < -0.4 is 11.3 Å². The van der Waals surface area contributed by atoms with Crippen LogP contribution in [0.5, 0.6) is 0 Å². The Bertz CT molecular complexity index is 1900. The number of nitrogen functional groups attached to an aromatic ring is 1.